The lowest BCUT2D eigenvalue weighted by atomic mass is 10.1. The van der Waals surface area contributed by atoms with Crippen LogP contribution in [0.15, 0.2) is 24.3 Å². The van der Waals surface area contributed by atoms with Crippen LogP contribution in [0, 0.1) is 0 Å². The summed E-state index contributed by atoms with van der Waals surface area (Å²) in [4.78, 5) is 24.7. The first-order valence-electron chi connectivity index (χ1n) is 9.11. The highest BCUT2D eigenvalue weighted by atomic mass is 16.7. The molecule has 0 aliphatic heterocycles. The highest BCUT2D eigenvalue weighted by Gasteiger charge is 2.19. The first-order chi connectivity index (χ1) is 13.6. The number of carbonyl (C=O) groups is 2. The maximum atomic E-state index is 12.3. The number of ether oxygens (including phenoxy) is 6. The van der Waals surface area contributed by atoms with Gasteiger partial charge >= 0.3 is 11.9 Å². The molecular formula is C20H30O8. The third kappa shape index (κ3) is 8.35. The van der Waals surface area contributed by atoms with E-state index in [-0.39, 0.29) is 36.9 Å². The molecule has 0 aliphatic carbocycles. The molecule has 8 nitrogen and oxygen atoms in total. The van der Waals surface area contributed by atoms with E-state index >= 15 is 0 Å². The van der Waals surface area contributed by atoms with Crippen molar-refractivity contribution in [2.45, 2.75) is 38.3 Å². The minimum atomic E-state index is -0.572. The van der Waals surface area contributed by atoms with Crippen LogP contribution in [0.2, 0.25) is 0 Å². The number of benzene rings is 1. The number of hydrogen-bond donors (Lipinski definition) is 0. The zero-order valence-corrected chi connectivity index (χ0v) is 17.0. The summed E-state index contributed by atoms with van der Waals surface area (Å²) in [6.45, 7) is 0.391. The van der Waals surface area contributed by atoms with Crippen LogP contribution in [0.4, 0.5) is 0 Å². The van der Waals surface area contributed by atoms with Crippen LogP contribution in [0.25, 0.3) is 0 Å². The van der Waals surface area contributed by atoms with E-state index in [0.29, 0.717) is 25.7 Å². The van der Waals surface area contributed by atoms with Gasteiger partial charge in [0, 0.05) is 41.3 Å². The molecule has 0 aliphatic rings. The zero-order valence-electron chi connectivity index (χ0n) is 17.0. The van der Waals surface area contributed by atoms with Crippen molar-refractivity contribution in [3.05, 3.63) is 35.4 Å². The molecule has 0 N–H and O–H groups in total. The van der Waals surface area contributed by atoms with E-state index in [4.69, 9.17) is 28.4 Å². The molecule has 0 spiro atoms. The van der Waals surface area contributed by atoms with Gasteiger partial charge in [-0.2, -0.15) is 0 Å². The van der Waals surface area contributed by atoms with Gasteiger partial charge in [0.15, 0.2) is 12.6 Å². The van der Waals surface area contributed by atoms with E-state index in [0.717, 1.165) is 0 Å². The molecule has 8 heteroatoms. The lowest BCUT2D eigenvalue weighted by Crippen LogP contribution is -2.17. The smallest absolute Gasteiger partial charge is 0.339 e. The normalized spacial score (nSPS) is 11.1. The van der Waals surface area contributed by atoms with E-state index in [1.54, 1.807) is 40.6 Å². The second kappa shape index (κ2) is 14.1. The summed E-state index contributed by atoms with van der Waals surface area (Å²) < 4.78 is 30.8. The Balaban J connectivity index is 2.51. The van der Waals surface area contributed by atoms with Crippen molar-refractivity contribution < 1.29 is 38.0 Å². The molecule has 0 saturated heterocycles. The molecule has 0 saturated carbocycles. The van der Waals surface area contributed by atoms with Gasteiger partial charge in [0.2, 0.25) is 0 Å². The quantitative estimate of drug-likeness (QED) is 0.268. The van der Waals surface area contributed by atoms with Gasteiger partial charge in [0.05, 0.1) is 24.3 Å². The van der Waals surface area contributed by atoms with Crippen molar-refractivity contribution in [1.82, 2.24) is 0 Å². The van der Waals surface area contributed by atoms with Gasteiger partial charge in [-0.15, -0.1) is 0 Å². The maximum absolute atomic E-state index is 12.3. The molecule has 0 heterocycles. The van der Waals surface area contributed by atoms with E-state index in [1.807, 2.05) is 0 Å². The fourth-order valence-corrected chi connectivity index (χ4v) is 2.49. The molecule has 158 valence electrons. The minimum absolute atomic E-state index is 0.175. The third-order valence-electron chi connectivity index (χ3n) is 4.05. The second-order valence-corrected chi connectivity index (χ2v) is 5.90. The third-order valence-corrected chi connectivity index (χ3v) is 4.05. The SMILES string of the molecule is COC(CCCOC(=O)c1ccccc1C(=O)OCCCC(OC)OC)OC. The summed E-state index contributed by atoms with van der Waals surface area (Å²) in [6.07, 6.45) is 1.66. The first-order valence-corrected chi connectivity index (χ1v) is 9.11. The monoisotopic (exact) mass is 398 g/mol. The molecule has 28 heavy (non-hydrogen) atoms. The molecule has 0 unspecified atom stereocenters. The molecule has 0 aromatic heterocycles. The summed E-state index contributed by atoms with van der Waals surface area (Å²) >= 11 is 0. The van der Waals surface area contributed by atoms with E-state index in [2.05, 4.69) is 0 Å². The number of esters is 2. The Morgan fingerprint density at radius 3 is 1.39 bits per heavy atom. The van der Waals surface area contributed by atoms with Crippen LogP contribution in [0.3, 0.4) is 0 Å². The summed E-state index contributed by atoms with van der Waals surface area (Å²) in [7, 11) is 6.19. The van der Waals surface area contributed by atoms with Gasteiger partial charge in [0.1, 0.15) is 0 Å². The van der Waals surface area contributed by atoms with Gasteiger partial charge in [-0.3, -0.25) is 0 Å². The second-order valence-electron chi connectivity index (χ2n) is 5.90. The molecule has 0 bridgehead atoms. The van der Waals surface area contributed by atoms with Gasteiger partial charge in [-0.1, -0.05) is 12.1 Å². The maximum Gasteiger partial charge on any atom is 0.339 e. The van der Waals surface area contributed by atoms with Crippen LogP contribution in [-0.2, 0) is 28.4 Å². The number of hydrogen-bond acceptors (Lipinski definition) is 8. The molecule has 1 rings (SSSR count). The van der Waals surface area contributed by atoms with Gasteiger partial charge < -0.3 is 28.4 Å². The van der Waals surface area contributed by atoms with Crippen molar-refractivity contribution in [2.24, 2.45) is 0 Å². The Labute approximate surface area is 166 Å². The van der Waals surface area contributed by atoms with Crippen molar-refractivity contribution in [3.63, 3.8) is 0 Å². The molecular weight excluding hydrogens is 368 g/mol. The topological polar surface area (TPSA) is 89.5 Å². The Morgan fingerprint density at radius 1 is 0.714 bits per heavy atom. The Morgan fingerprint density at radius 2 is 1.07 bits per heavy atom. The Kier molecular flexibility index (Phi) is 12.1. The highest BCUT2D eigenvalue weighted by Crippen LogP contribution is 2.13. The molecule has 0 amide bonds. The molecule has 0 atom stereocenters. The highest BCUT2D eigenvalue weighted by molar-refractivity contribution is 6.03. The molecule has 0 radical (unpaired) electrons. The summed E-state index contributed by atoms with van der Waals surface area (Å²) in [5, 5.41) is 0. The predicted octanol–water partition coefficient (Wildman–Crippen LogP) is 2.80. The van der Waals surface area contributed by atoms with Crippen molar-refractivity contribution in [3.8, 4) is 0 Å². The molecule has 1 aromatic carbocycles. The van der Waals surface area contributed by atoms with Crippen LogP contribution in [0.5, 0.6) is 0 Å². The fourth-order valence-electron chi connectivity index (χ4n) is 2.49. The van der Waals surface area contributed by atoms with E-state index < -0.39 is 11.9 Å². The molecule has 1 aromatic rings. The fraction of sp³-hybridized carbons (Fsp3) is 0.600. The Hall–Kier alpha value is -2.00. The first kappa shape index (κ1) is 24.0. The van der Waals surface area contributed by atoms with Crippen LogP contribution < -0.4 is 0 Å². The van der Waals surface area contributed by atoms with Crippen molar-refractivity contribution >= 4 is 11.9 Å². The van der Waals surface area contributed by atoms with Gasteiger partial charge in [-0.25, -0.2) is 9.59 Å². The zero-order chi connectivity index (χ0) is 20.8. The summed E-state index contributed by atoms with van der Waals surface area (Å²) in [5.41, 5.74) is 0.350. The van der Waals surface area contributed by atoms with Gasteiger partial charge in [0.25, 0.3) is 0 Å². The minimum Gasteiger partial charge on any atom is -0.462 e. The number of methoxy groups -OCH3 is 4. The number of carbonyl (C=O) groups excluding carboxylic acids is 2. The average Bonchev–Trinajstić information content (AvgIpc) is 2.73. The lowest BCUT2D eigenvalue weighted by molar-refractivity contribution is -0.108. The van der Waals surface area contributed by atoms with E-state index in [9.17, 15) is 9.59 Å². The van der Waals surface area contributed by atoms with Crippen LogP contribution >= 0.6 is 0 Å². The number of rotatable bonds is 14. The average molecular weight is 398 g/mol. The largest absolute Gasteiger partial charge is 0.462 e. The van der Waals surface area contributed by atoms with Crippen molar-refractivity contribution in [1.29, 1.82) is 0 Å². The molecule has 0 fully saturated rings. The van der Waals surface area contributed by atoms with E-state index in [1.165, 1.54) is 12.1 Å². The lowest BCUT2D eigenvalue weighted by Gasteiger charge is -2.14. The van der Waals surface area contributed by atoms with Crippen molar-refractivity contribution in [2.75, 3.05) is 41.7 Å². The van der Waals surface area contributed by atoms with Gasteiger partial charge in [-0.05, 0) is 25.0 Å². The summed E-state index contributed by atoms with van der Waals surface area (Å²) in [5.74, 6) is -1.14. The van der Waals surface area contributed by atoms with Crippen LogP contribution in [0.1, 0.15) is 46.4 Å². The predicted molar refractivity (Wildman–Crippen MR) is 101 cm³/mol. The van der Waals surface area contributed by atoms with Crippen LogP contribution in [-0.4, -0.2) is 66.2 Å². The Bertz CT molecular complexity index is 530. The summed E-state index contributed by atoms with van der Waals surface area (Å²) in [6, 6.07) is 6.41. The standard InChI is InChI=1S/C20H30O8/c1-23-17(24-2)11-7-13-27-19(21)15-9-5-6-10-16(15)20(22)28-14-8-12-18(25-3)26-4/h5-6,9-10,17-18H,7-8,11-14H2,1-4H3.